The molecule has 22 heavy (non-hydrogen) atoms. The first-order chi connectivity index (χ1) is 10.6. The minimum Gasteiger partial charge on any atom is -0.490 e. The van der Waals surface area contributed by atoms with Crippen LogP contribution in [0.3, 0.4) is 0 Å². The fourth-order valence-corrected chi connectivity index (χ4v) is 2.17. The van der Waals surface area contributed by atoms with Crippen molar-refractivity contribution in [1.82, 2.24) is 0 Å². The van der Waals surface area contributed by atoms with Crippen LogP contribution >= 0.6 is 23.2 Å². The zero-order chi connectivity index (χ0) is 15.9. The van der Waals surface area contributed by atoms with Gasteiger partial charge in [0.05, 0.1) is 22.9 Å². The maximum absolute atomic E-state index is 8.58. The second-order valence-corrected chi connectivity index (χ2v) is 5.24. The molecule has 2 aromatic rings. The Morgan fingerprint density at radius 1 is 1.05 bits per heavy atom. The van der Waals surface area contributed by atoms with Crippen LogP contribution in [0.25, 0.3) is 0 Å². The minimum absolute atomic E-state index is 0.338. The third-order valence-electron chi connectivity index (χ3n) is 2.85. The van der Waals surface area contributed by atoms with E-state index in [0.29, 0.717) is 40.3 Å². The molecule has 0 amide bonds. The Balaban J connectivity index is 2.15. The number of halogens is 2. The molecule has 1 N–H and O–H groups in total. The molecule has 0 heterocycles. The monoisotopic (exact) mass is 339 g/mol. The Morgan fingerprint density at radius 2 is 1.86 bits per heavy atom. The van der Waals surface area contributed by atoms with Gasteiger partial charge in [0.2, 0.25) is 0 Å². The molecule has 2 aromatic carbocycles. The topological polar surface area (TPSA) is 51.0 Å². The molecule has 0 aliphatic carbocycles. The summed E-state index contributed by atoms with van der Waals surface area (Å²) in [4.78, 5) is 0. The molecule has 0 aliphatic rings. The molecule has 0 bridgehead atoms. The Hall–Kier alpha value is -1.91. The number of hydrogen-bond donors (Lipinski definition) is 1. The summed E-state index contributed by atoms with van der Waals surface area (Å²) in [6.07, 6.45) is 1.32. The summed E-state index contributed by atoms with van der Waals surface area (Å²) < 4.78 is 11.3. The first-order valence-electron chi connectivity index (χ1n) is 6.65. The van der Waals surface area contributed by atoms with E-state index in [9.17, 15) is 0 Å². The van der Waals surface area contributed by atoms with Gasteiger partial charge >= 0.3 is 0 Å². The third kappa shape index (κ3) is 4.29. The zero-order valence-corrected chi connectivity index (χ0v) is 13.4. The summed E-state index contributed by atoms with van der Waals surface area (Å²) in [6.45, 7) is 2.73. The van der Waals surface area contributed by atoms with E-state index < -0.39 is 0 Å². The molecule has 0 spiro atoms. The molecule has 2 rings (SSSR count). The average molecular weight is 340 g/mol. The standard InChI is InChI=1S/C16H15Cl2NO3/c1-2-21-16-8-11(9-19-20)4-6-15(16)22-10-12-3-5-13(17)14(18)7-12/h3-9,20H,2,10H2,1H3/b19-9+. The van der Waals surface area contributed by atoms with E-state index >= 15 is 0 Å². The van der Waals surface area contributed by atoms with E-state index in [2.05, 4.69) is 5.16 Å². The van der Waals surface area contributed by atoms with Crippen molar-refractivity contribution in [1.29, 1.82) is 0 Å². The van der Waals surface area contributed by atoms with Gasteiger partial charge in [-0.2, -0.15) is 0 Å². The van der Waals surface area contributed by atoms with Crippen LogP contribution in [0.5, 0.6) is 11.5 Å². The summed E-state index contributed by atoms with van der Waals surface area (Å²) in [5.74, 6) is 1.18. The van der Waals surface area contributed by atoms with Crippen LogP contribution in [0.15, 0.2) is 41.6 Å². The van der Waals surface area contributed by atoms with E-state index in [1.807, 2.05) is 13.0 Å². The summed E-state index contributed by atoms with van der Waals surface area (Å²) >= 11 is 11.9. The van der Waals surface area contributed by atoms with Crippen molar-refractivity contribution in [2.45, 2.75) is 13.5 Å². The number of ether oxygens (including phenoxy) is 2. The first-order valence-corrected chi connectivity index (χ1v) is 7.40. The Kier molecular flexibility index (Phi) is 5.92. The lowest BCUT2D eigenvalue weighted by Crippen LogP contribution is -2.00. The maximum Gasteiger partial charge on any atom is 0.161 e. The highest BCUT2D eigenvalue weighted by atomic mass is 35.5. The van der Waals surface area contributed by atoms with Crippen LogP contribution < -0.4 is 9.47 Å². The number of benzene rings is 2. The maximum atomic E-state index is 8.58. The molecule has 4 nitrogen and oxygen atoms in total. The molecule has 0 aliphatic heterocycles. The van der Waals surface area contributed by atoms with Crippen LogP contribution in [-0.4, -0.2) is 18.0 Å². The summed E-state index contributed by atoms with van der Waals surface area (Å²) in [5, 5.41) is 12.6. The van der Waals surface area contributed by atoms with Gasteiger partial charge in [-0.15, -0.1) is 0 Å². The van der Waals surface area contributed by atoms with E-state index in [0.717, 1.165) is 5.56 Å². The van der Waals surface area contributed by atoms with Crippen molar-refractivity contribution in [3.63, 3.8) is 0 Å². The van der Waals surface area contributed by atoms with Crippen molar-refractivity contribution < 1.29 is 14.7 Å². The number of hydrogen-bond acceptors (Lipinski definition) is 4. The highest BCUT2D eigenvalue weighted by Crippen LogP contribution is 2.29. The van der Waals surface area contributed by atoms with Gasteiger partial charge in [0, 0.05) is 5.56 Å². The molecule has 0 unspecified atom stereocenters. The van der Waals surface area contributed by atoms with E-state index in [4.69, 9.17) is 37.9 Å². The predicted molar refractivity (Wildman–Crippen MR) is 87.8 cm³/mol. The molecule has 0 radical (unpaired) electrons. The zero-order valence-electron chi connectivity index (χ0n) is 11.9. The van der Waals surface area contributed by atoms with Crippen molar-refractivity contribution in [3.05, 3.63) is 57.6 Å². The minimum atomic E-state index is 0.338. The molecule has 0 fully saturated rings. The van der Waals surface area contributed by atoms with Gasteiger partial charge in [-0.05, 0) is 42.8 Å². The SMILES string of the molecule is CCOc1cc(/C=N/O)ccc1OCc1ccc(Cl)c(Cl)c1. The Labute approximate surface area is 138 Å². The lowest BCUT2D eigenvalue weighted by atomic mass is 10.2. The van der Waals surface area contributed by atoms with Gasteiger partial charge in [-0.1, -0.05) is 34.4 Å². The average Bonchev–Trinajstić information content (AvgIpc) is 2.50. The molecule has 0 saturated heterocycles. The van der Waals surface area contributed by atoms with Crippen molar-refractivity contribution in [2.75, 3.05) is 6.61 Å². The molecule has 0 atom stereocenters. The summed E-state index contributed by atoms with van der Waals surface area (Å²) in [5.41, 5.74) is 1.62. The fourth-order valence-electron chi connectivity index (χ4n) is 1.85. The molecular weight excluding hydrogens is 325 g/mol. The van der Waals surface area contributed by atoms with Gasteiger partial charge in [0.15, 0.2) is 11.5 Å². The summed E-state index contributed by atoms with van der Waals surface area (Å²) in [7, 11) is 0. The Morgan fingerprint density at radius 3 is 2.55 bits per heavy atom. The molecule has 6 heteroatoms. The number of oxime groups is 1. The van der Waals surface area contributed by atoms with Crippen LogP contribution in [0, 0.1) is 0 Å². The van der Waals surface area contributed by atoms with Gasteiger partial charge in [-0.3, -0.25) is 0 Å². The fraction of sp³-hybridized carbons (Fsp3) is 0.188. The van der Waals surface area contributed by atoms with Gasteiger partial charge < -0.3 is 14.7 Å². The van der Waals surface area contributed by atoms with Crippen LogP contribution in [0.2, 0.25) is 10.0 Å². The normalized spacial score (nSPS) is 10.9. The van der Waals surface area contributed by atoms with Crippen molar-refractivity contribution in [3.8, 4) is 11.5 Å². The highest BCUT2D eigenvalue weighted by molar-refractivity contribution is 6.42. The molecule has 116 valence electrons. The smallest absolute Gasteiger partial charge is 0.161 e. The molecular formula is C16H15Cl2NO3. The van der Waals surface area contributed by atoms with Gasteiger partial charge in [-0.25, -0.2) is 0 Å². The lowest BCUT2D eigenvalue weighted by molar-refractivity contribution is 0.269. The van der Waals surface area contributed by atoms with Crippen molar-refractivity contribution in [2.24, 2.45) is 5.16 Å². The second-order valence-electron chi connectivity index (χ2n) is 4.42. The third-order valence-corrected chi connectivity index (χ3v) is 3.59. The van der Waals surface area contributed by atoms with Crippen LogP contribution in [0.1, 0.15) is 18.1 Å². The van der Waals surface area contributed by atoms with Gasteiger partial charge in [0.1, 0.15) is 6.61 Å². The van der Waals surface area contributed by atoms with Crippen LogP contribution in [0.4, 0.5) is 0 Å². The summed E-state index contributed by atoms with van der Waals surface area (Å²) in [6, 6.07) is 10.6. The predicted octanol–water partition coefficient (Wildman–Crippen LogP) is 4.78. The van der Waals surface area contributed by atoms with E-state index in [-0.39, 0.29) is 0 Å². The van der Waals surface area contributed by atoms with Crippen LogP contribution in [-0.2, 0) is 6.61 Å². The lowest BCUT2D eigenvalue weighted by Gasteiger charge is -2.13. The first kappa shape index (κ1) is 16.5. The van der Waals surface area contributed by atoms with E-state index in [1.165, 1.54) is 6.21 Å². The largest absolute Gasteiger partial charge is 0.490 e. The molecule has 0 saturated carbocycles. The van der Waals surface area contributed by atoms with Gasteiger partial charge in [0.25, 0.3) is 0 Å². The Bertz CT molecular complexity index is 674. The molecule has 0 aromatic heterocycles. The van der Waals surface area contributed by atoms with Crippen molar-refractivity contribution >= 4 is 29.4 Å². The quantitative estimate of drug-likeness (QED) is 0.468. The second kappa shape index (κ2) is 7.92. The highest BCUT2D eigenvalue weighted by Gasteiger charge is 2.07. The van der Waals surface area contributed by atoms with E-state index in [1.54, 1.807) is 30.3 Å². The number of rotatable bonds is 6. The number of nitrogens with zero attached hydrogens (tertiary/aromatic N) is 1.